The summed E-state index contributed by atoms with van der Waals surface area (Å²) in [5.41, 5.74) is 4.11. The maximum absolute atomic E-state index is 12.4. The Morgan fingerprint density at radius 1 is 1.04 bits per heavy atom. The highest BCUT2D eigenvalue weighted by Crippen LogP contribution is 2.49. The van der Waals surface area contributed by atoms with Gasteiger partial charge < -0.3 is 9.84 Å². The topological polar surface area (TPSA) is 63.6 Å². The Labute approximate surface area is 134 Å². The van der Waals surface area contributed by atoms with E-state index in [1.807, 2.05) is 48.5 Å². The zero-order chi connectivity index (χ0) is 16.4. The van der Waals surface area contributed by atoms with Gasteiger partial charge in [-0.15, -0.1) is 0 Å². The number of carboxylic acids is 1. The van der Waals surface area contributed by atoms with Gasteiger partial charge in [-0.1, -0.05) is 48.5 Å². The first kappa shape index (κ1) is 15.3. The molecule has 0 saturated heterocycles. The molecule has 1 aliphatic carbocycles. The molecule has 3 rings (SSSR count). The molecule has 0 saturated carbocycles. The van der Waals surface area contributed by atoms with E-state index in [9.17, 15) is 14.7 Å². The number of rotatable bonds is 5. The lowest BCUT2D eigenvalue weighted by Crippen LogP contribution is -2.27. The molecule has 0 spiro atoms. The second-order valence-electron chi connectivity index (χ2n) is 5.61. The quantitative estimate of drug-likeness (QED) is 0.859. The average molecular weight is 310 g/mol. The van der Waals surface area contributed by atoms with E-state index in [0.29, 0.717) is 0 Å². The van der Waals surface area contributed by atoms with Crippen molar-refractivity contribution in [2.45, 2.75) is 19.3 Å². The summed E-state index contributed by atoms with van der Waals surface area (Å²) in [5, 5.41) is 9.25. The molecule has 1 atom stereocenters. The Hall–Kier alpha value is -2.62. The number of carboxylic acid groups (broad SMARTS) is 1. The lowest BCUT2D eigenvalue weighted by Gasteiger charge is -2.22. The molecule has 2 aromatic rings. The van der Waals surface area contributed by atoms with Crippen LogP contribution in [0.2, 0.25) is 0 Å². The summed E-state index contributed by atoms with van der Waals surface area (Å²) in [5.74, 6) is -2.45. The van der Waals surface area contributed by atoms with Crippen LogP contribution < -0.4 is 0 Å². The monoisotopic (exact) mass is 310 g/mol. The molecule has 0 aromatic heterocycles. The lowest BCUT2D eigenvalue weighted by molar-refractivity contribution is -0.153. The predicted octanol–water partition coefficient (Wildman–Crippen LogP) is 3.45. The van der Waals surface area contributed by atoms with Crippen LogP contribution in [0.25, 0.3) is 11.1 Å². The van der Waals surface area contributed by atoms with Gasteiger partial charge in [0.05, 0.1) is 18.9 Å². The molecular weight excluding hydrogens is 292 g/mol. The van der Waals surface area contributed by atoms with Gasteiger partial charge in [-0.2, -0.15) is 0 Å². The van der Waals surface area contributed by atoms with Gasteiger partial charge in [-0.05, 0) is 29.2 Å². The Morgan fingerprint density at radius 3 is 2.04 bits per heavy atom. The Bertz CT molecular complexity index is 705. The first-order valence-electron chi connectivity index (χ1n) is 7.70. The minimum Gasteiger partial charge on any atom is -0.481 e. The van der Waals surface area contributed by atoms with Gasteiger partial charge in [0.25, 0.3) is 0 Å². The van der Waals surface area contributed by atoms with Crippen molar-refractivity contribution in [1.29, 1.82) is 0 Å². The summed E-state index contributed by atoms with van der Waals surface area (Å²) in [6.07, 6.45) is -0.244. The number of hydrogen-bond donors (Lipinski definition) is 1. The zero-order valence-corrected chi connectivity index (χ0v) is 12.9. The number of carbonyl (C=O) groups is 2. The fourth-order valence-corrected chi connectivity index (χ4v) is 3.40. The molecule has 23 heavy (non-hydrogen) atoms. The van der Waals surface area contributed by atoms with Crippen molar-refractivity contribution in [3.05, 3.63) is 59.7 Å². The highest BCUT2D eigenvalue weighted by Gasteiger charge is 2.39. The second kappa shape index (κ2) is 6.24. The summed E-state index contributed by atoms with van der Waals surface area (Å²) >= 11 is 0. The number of carbonyl (C=O) groups excluding carboxylic acids is 1. The van der Waals surface area contributed by atoms with Crippen LogP contribution in [0, 0.1) is 5.92 Å². The number of benzene rings is 2. The first-order valence-corrected chi connectivity index (χ1v) is 7.70. The van der Waals surface area contributed by atoms with Gasteiger partial charge in [-0.3, -0.25) is 9.59 Å². The van der Waals surface area contributed by atoms with E-state index >= 15 is 0 Å². The molecule has 0 heterocycles. The Balaban J connectivity index is 2.12. The van der Waals surface area contributed by atoms with Crippen LogP contribution in [0.5, 0.6) is 0 Å². The van der Waals surface area contributed by atoms with Crippen molar-refractivity contribution in [2.24, 2.45) is 5.92 Å². The van der Waals surface area contributed by atoms with Crippen LogP contribution in [0.15, 0.2) is 48.5 Å². The summed E-state index contributed by atoms with van der Waals surface area (Å²) in [7, 11) is 0. The highest BCUT2D eigenvalue weighted by molar-refractivity contribution is 5.86. The van der Waals surface area contributed by atoms with Crippen LogP contribution >= 0.6 is 0 Å². The van der Waals surface area contributed by atoms with Gasteiger partial charge >= 0.3 is 11.9 Å². The van der Waals surface area contributed by atoms with E-state index in [2.05, 4.69) is 0 Å². The average Bonchev–Trinajstić information content (AvgIpc) is 2.87. The van der Waals surface area contributed by atoms with Crippen molar-refractivity contribution < 1.29 is 19.4 Å². The predicted molar refractivity (Wildman–Crippen MR) is 86.1 cm³/mol. The maximum atomic E-state index is 12.4. The third-order valence-corrected chi connectivity index (χ3v) is 4.27. The fraction of sp³-hybridized carbons (Fsp3) is 0.263. The summed E-state index contributed by atoms with van der Waals surface area (Å²) < 4.78 is 5.15. The van der Waals surface area contributed by atoms with E-state index < -0.39 is 17.9 Å². The minimum absolute atomic E-state index is 0.241. The first-order chi connectivity index (χ1) is 11.1. The molecule has 0 amide bonds. The van der Waals surface area contributed by atoms with Crippen LogP contribution in [0.1, 0.15) is 30.4 Å². The van der Waals surface area contributed by atoms with E-state index in [-0.39, 0.29) is 18.9 Å². The molecule has 1 aliphatic rings. The van der Waals surface area contributed by atoms with Crippen LogP contribution in [0.3, 0.4) is 0 Å². The maximum Gasteiger partial charge on any atom is 0.310 e. The number of hydrogen-bond acceptors (Lipinski definition) is 3. The number of fused-ring (bicyclic) bond motifs is 3. The zero-order valence-electron chi connectivity index (χ0n) is 12.9. The third kappa shape index (κ3) is 2.72. The van der Waals surface area contributed by atoms with E-state index in [1.165, 1.54) is 0 Å². The number of aliphatic carboxylic acids is 1. The van der Waals surface area contributed by atoms with Crippen LogP contribution in [0.4, 0.5) is 0 Å². The minimum atomic E-state index is -0.995. The SMILES string of the molecule is CCOC(=O)[C@@H](CC(=O)O)C1c2ccccc2-c2ccccc21. The molecule has 0 radical (unpaired) electrons. The molecule has 0 unspecified atom stereocenters. The fourth-order valence-electron chi connectivity index (χ4n) is 3.40. The van der Waals surface area contributed by atoms with Crippen LogP contribution in [-0.4, -0.2) is 23.7 Å². The third-order valence-electron chi connectivity index (χ3n) is 4.27. The molecule has 2 aromatic carbocycles. The van der Waals surface area contributed by atoms with Gasteiger partial charge in [0.1, 0.15) is 0 Å². The molecule has 118 valence electrons. The summed E-state index contributed by atoms with van der Waals surface area (Å²) in [4.78, 5) is 23.7. The van der Waals surface area contributed by atoms with E-state index in [1.54, 1.807) is 6.92 Å². The smallest absolute Gasteiger partial charge is 0.310 e. The van der Waals surface area contributed by atoms with Crippen molar-refractivity contribution in [3.63, 3.8) is 0 Å². The normalized spacial score (nSPS) is 14.0. The van der Waals surface area contributed by atoms with Gasteiger partial charge in [0.2, 0.25) is 0 Å². The van der Waals surface area contributed by atoms with Gasteiger partial charge in [0, 0.05) is 5.92 Å². The molecule has 0 bridgehead atoms. The molecule has 1 N–H and O–H groups in total. The Morgan fingerprint density at radius 2 is 1.57 bits per heavy atom. The van der Waals surface area contributed by atoms with Crippen molar-refractivity contribution in [2.75, 3.05) is 6.61 Å². The molecule has 0 fully saturated rings. The molecule has 4 heteroatoms. The van der Waals surface area contributed by atoms with Crippen LogP contribution in [-0.2, 0) is 14.3 Å². The molecule has 4 nitrogen and oxygen atoms in total. The van der Waals surface area contributed by atoms with E-state index in [4.69, 9.17) is 4.74 Å². The Kier molecular flexibility index (Phi) is 4.15. The number of esters is 1. The summed E-state index contributed by atoms with van der Waals surface area (Å²) in [6.45, 7) is 1.97. The lowest BCUT2D eigenvalue weighted by atomic mass is 9.82. The standard InChI is InChI=1S/C19H18O4/c1-2-23-19(22)16(11-17(20)21)18-14-9-5-3-7-12(14)13-8-4-6-10-15(13)18/h3-10,16,18H,2,11H2,1H3,(H,20,21)/t16-/m0/s1. The largest absolute Gasteiger partial charge is 0.481 e. The summed E-state index contributed by atoms with van der Waals surface area (Å²) in [6, 6.07) is 15.7. The number of ether oxygens (including phenoxy) is 1. The molecule has 0 aliphatic heterocycles. The van der Waals surface area contributed by atoms with E-state index in [0.717, 1.165) is 22.3 Å². The van der Waals surface area contributed by atoms with Crippen molar-refractivity contribution >= 4 is 11.9 Å². The highest BCUT2D eigenvalue weighted by atomic mass is 16.5. The van der Waals surface area contributed by atoms with Crippen molar-refractivity contribution in [3.8, 4) is 11.1 Å². The second-order valence-corrected chi connectivity index (χ2v) is 5.61. The van der Waals surface area contributed by atoms with Gasteiger partial charge in [-0.25, -0.2) is 0 Å². The van der Waals surface area contributed by atoms with Gasteiger partial charge in [0.15, 0.2) is 0 Å². The van der Waals surface area contributed by atoms with Crippen molar-refractivity contribution in [1.82, 2.24) is 0 Å². The molecular formula is C19H18O4.